The van der Waals surface area contributed by atoms with Gasteiger partial charge in [-0.15, -0.1) is 16.4 Å². The molecule has 6 heteroatoms. The van der Waals surface area contributed by atoms with Gasteiger partial charge in [-0.2, -0.15) is 0 Å². The van der Waals surface area contributed by atoms with Crippen molar-refractivity contribution in [2.45, 2.75) is 32.7 Å². The number of aryl methyl sites for hydroxylation is 1. The summed E-state index contributed by atoms with van der Waals surface area (Å²) in [6.07, 6.45) is 7.39. The smallest absolute Gasteiger partial charge is 0.0797 e. The highest BCUT2D eigenvalue weighted by molar-refractivity contribution is 7.09. The first-order valence-corrected chi connectivity index (χ1v) is 8.14. The average molecular weight is 291 g/mol. The Bertz CT molecular complexity index is 513. The molecule has 1 fully saturated rings. The van der Waals surface area contributed by atoms with Crippen molar-refractivity contribution in [3.8, 4) is 0 Å². The number of nitrogens with zero attached hydrogens (tertiary/aromatic N) is 5. The molecule has 0 saturated carbocycles. The molecule has 1 saturated heterocycles. The molecule has 1 aliphatic rings. The zero-order valence-corrected chi connectivity index (χ0v) is 12.7. The summed E-state index contributed by atoms with van der Waals surface area (Å²) in [5.41, 5.74) is 3.16. The summed E-state index contributed by atoms with van der Waals surface area (Å²) in [5.74, 6) is 0.748. The summed E-state index contributed by atoms with van der Waals surface area (Å²) in [4.78, 5) is 8.34. The van der Waals surface area contributed by atoms with E-state index in [9.17, 15) is 0 Å². The second-order valence-corrected chi connectivity index (χ2v) is 6.46. The first kappa shape index (κ1) is 13.7. The van der Waals surface area contributed by atoms with Crippen LogP contribution < -0.4 is 0 Å². The SMILES string of the molecule is Cc1ncsc1CCN1CCC(Cn2ccnn2)CC1. The van der Waals surface area contributed by atoms with Gasteiger partial charge >= 0.3 is 0 Å². The number of thiazole rings is 1. The van der Waals surface area contributed by atoms with Crippen molar-refractivity contribution in [3.05, 3.63) is 28.5 Å². The summed E-state index contributed by atoms with van der Waals surface area (Å²) in [6, 6.07) is 0. The van der Waals surface area contributed by atoms with Gasteiger partial charge in [-0.3, -0.25) is 4.68 Å². The standard InChI is InChI=1S/C14H21N5S/c1-12-14(20-11-15-12)4-8-18-6-2-13(3-7-18)10-19-9-5-16-17-19/h5,9,11,13H,2-4,6-8,10H2,1H3. The Morgan fingerprint density at radius 1 is 1.35 bits per heavy atom. The average Bonchev–Trinajstić information content (AvgIpc) is 3.10. The van der Waals surface area contributed by atoms with Crippen LogP contribution in [0, 0.1) is 12.8 Å². The minimum absolute atomic E-state index is 0.748. The zero-order chi connectivity index (χ0) is 13.8. The van der Waals surface area contributed by atoms with Crippen LogP contribution in [0.4, 0.5) is 0 Å². The molecule has 0 spiro atoms. The van der Waals surface area contributed by atoms with Gasteiger partial charge in [0.05, 0.1) is 17.4 Å². The summed E-state index contributed by atoms with van der Waals surface area (Å²) in [7, 11) is 0. The van der Waals surface area contributed by atoms with Crippen LogP contribution in [0.3, 0.4) is 0 Å². The molecule has 3 heterocycles. The van der Waals surface area contributed by atoms with E-state index < -0.39 is 0 Å². The molecule has 0 amide bonds. The molecule has 0 aromatic carbocycles. The van der Waals surface area contributed by atoms with E-state index >= 15 is 0 Å². The van der Waals surface area contributed by atoms with Crippen LogP contribution in [0.2, 0.25) is 0 Å². The Labute approximate surface area is 123 Å². The Kier molecular flexibility index (Phi) is 4.42. The third-order valence-electron chi connectivity index (χ3n) is 4.12. The summed E-state index contributed by atoms with van der Waals surface area (Å²) < 4.78 is 1.96. The van der Waals surface area contributed by atoms with E-state index in [1.54, 1.807) is 17.5 Å². The molecule has 0 N–H and O–H groups in total. The maximum absolute atomic E-state index is 4.32. The lowest BCUT2D eigenvalue weighted by molar-refractivity contribution is 0.172. The summed E-state index contributed by atoms with van der Waals surface area (Å²) in [6.45, 7) is 6.70. The number of hydrogen-bond donors (Lipinski definition) is 0. The van der Waals surface area contributed by atoms with Gasteiger partial charge < -0.3 is 4.90 Å². The first-order valence-electron chi connectivity index (χ1n) is 7.26. The van der Waals surface area contributed by atoms with E-state index in [1.165, 1.54) is 43.0 Å². The van der Waals surface area contributed by atoms with Crippen LogP contribution in [0.5, 0.6) is 0 Å². The minimum atomic E-state index is 0.748. The Hall–Kier alpha value is -1.27. The van der Waals surface area contributed by atoms with Crippen molar-refractivity contribution < 1.29 is 0 Å². The second-order valence-electron chi connectivity index (χ2n) is 5.52. The molecular formula is C14H21N5S. The van der Waals surface area contributed by atoms with Gasteiger partial charge in [0.1, 0.15) is 0 Å². The largest absolute Gasteiger partial charge is 0.303 e. The number of aromatic nitrogens is 4. The van der Waals surface area contributed by atoms with Crippen molar-refractivity contribution in [3.63, 3.8) is 0 Å². The number of likely N-dealkylation sites (tertiary alicyclic amines) is 1. The topological polar surface area (TPSA) is 46.8 Å². The number of piperidine rings is 1. The van der Waals surface area contributed by atoms with Crippen molar-refractivity contribution in [2.24, 2.45) is 5.92 Å². The molecule has 108 valence electrons. The predicted molar refractivity (Wildman–Crippen MR) is 79.7 cm³/mol. The molecule has 0 bridgehead atoms. The van der Waals surface area contributed by atoms with Crippen LogP contribution in [0.25, 0.3) is 0 Å². The lowest BCUT2D eigenvalue weighted by Crippen LogP contribution is -2.36. The highest BCUT2D eigenvalue weighted by Crippen LogP contribution is 2.20. The summed E-state index contributed by atoms with van der Waals surface area (Å²) in [5, 5.41) is 7.92. The van der Waals surface area contributed by atoms with Gasteiger partial charge in [-0.1, -0.05) is 5.21 Å². The van der Waals surface area contributed by atoms with E-state index in [2.05, 4.69) is 27.1 Å². The first-order chi connectivity index (χ1) is 9.81. The van der Waals surface area contributed by atoms with Crippen molar-refractivity contribution in [2.75, 3.05) is 19.6 Å². The third kappa shape index (κ3) is 3.43. The number of rotatable bonds is 5. The maximum atomic E-state index is 4.32. The molecule has 1 aliphatic heterocycles. The fourth-order valence-corrected chi connectivity index (χ4v) is 3.58. The predicted octanol–water partition coefficient (Wildman–Crippen LogP) is 2.00. The van der Waals surface area contributed by atoms with Crippen molar-refractivity contribution >= 4 is 11.3 Å². The third-order valence-corrected chi connectivity index (χ3v) is 5.12. The van der Waals surface area contributed by atoms with Crippen molar-refractivity contribution in [1.82, 2.24) is 24.9 Å². The van der Waals surface area contributed by atoms with Gasteiger partial charge in [-0.05, 0) is 45.2 Å². The van der Waals surface area contributed by atoms with Crippen LogP contribution in [-0.4, -0.2) is 44.5 Å². The molecule has 2 aromatic rings. The highest BCUT2D eigenvalue weighted by atomic mass is 32.1. The molecule has 20 heavy (non-hydrogen) atoms. The second kappa shape index (κ2) is 6.45. The van der Waals surface area contributed by atoms with Crippen molar-refractivity contribution in [1.29, 1.82) is 0 Å². The molecule has 0 unspecified atom stereocenters. The minimum Gasteiger partial charge on any atom is -0.303 e. The molecule has 3 rings (SSSR count). The monoisotopic (exact) mass is 291 g/mol. The van der Waals surface area contributed by atoms with Gasteiger partial charge in [0, 0.05) is 24.2 Å². The lowest BCUT2D eigenvalue weighted by Gasteiger charge is -2.31. The number of hydrogen-bond acceptors (Lipinski definition) is 5. The molecule has 0 radical (unpaired) electrons. The molecule has 0 atom stereocenters. The molecule has 0 aliphatic carbocycles. The normalized spacial score (nSPS) is 17.6. The van der Waals surface area contributed by atoms with Crippen LogP contribution in [0.15, 0.2) is 17.9 Å². The van der Waals surface area contributed by atoms with E-state index in [0.29, 0.717) is 0 Å². The highest BCUT2D eigenvalue weighted by Gasteiger charge is 2.19. The van der Waals surface area contributed by atoms with E-state index in [4.69, 9.17) is 0 Å². The van der Waals surface area contributed by atoms with Gasteiger partial charge in [0.15, 0.2) is 0 Å². The molecular weight excluding hydrogens is 270 g/mol. The lowest BCUT2D eigenvalue weighted by atomic mass is 9.97. The van der Waals surface area contributed by atoms with Gasteiger partial charge in [-0.25, -0.2) is 4.98 Å². The van der Waals surface area contributed by atoms with Crippen LogP contribution in [0.1, 0.15) is 23.4 Å². The van der Waals surface area contributed by atoms with Crippen LogP contribution >= 0.6 is 11.3 Å². The van der Waals surface area contributed by atoms with Gasteiger partial charge in [0.2, 0.25) is 0 Å². The molecule has 2 aromatic heterocycles. The summed E-state index contributed by atoms with van der Waals surface area (Å²) >= 11 is 1.79. The van der Waals surface area contributed by atoms with Gasteiger partial charge in [0.25, 0.3) is 0 Å². The van der Waals surface area contributed by atoms with E-state index in [-0.39, 0.29) is 0 Å². The molecule has 5 nitrogen and oxygen atoms in total. The van der Waals surface area contributed by atoms with E-state index in [1.807, 2.05) is 16.4 Å². The zero-order valence-electron chi connectivity index (χ0n) is 11.9. The Morgan fingerprint density at radius 3 is 2.85 bits per heavy atom. The fraction of sp³-hybridized carbons (Fsp3) is 0.643. The van der Waals surface area contributed by atoms with E-state index in [0.717, 1.165) is 18.9 Å². The Balaban J connectivity index is 1.41. The maximum Gasteiger partial charge on any atom is 0.0797 e. The van der Waals surface area contributed by atoms with Crippen LogP contribution in [-0.2, 0) is 13.0 Å². The fourth-order valence-electron chi connectivity index (χ4n) is 2.81. The Morgan fingerprint density at radius 2 is 2.20 bits per heavy atom. The quantitative estimate of drug-likeness (QED) is 0.845.